The highest BCUT2D eigenvalue weighted by Crippen LogP contribution is 2.09. The topological polar surface area (TPSA) is 58.9 Å². The van der Waals surface area contributed by atoms with Crippen LogP contribution in [0.1, 0.15) is 12.5 Å². The van der Waals surface area contributed by atoms with Crippen molar-refractivity contribution in [1.82, 2.24) is 4.98 Å². The van der Waals surface area contributed by atoms with Gasteiger partial charge in [0.15, 0.2) is 0 Å². The van der Waals surface area contributed by atoms with Crippen molar-refractivity contribution in [2.24, 2.45) is 0 Å². The van der Waals surface area contributed by atoms with Gasteiger partial charge in [0.25, 0.3) is 0 Å². The second-order valence-electron chi connectivity index (χ2n) is 1.91. The third-order valence-electron chi connectivity index (χ3n) is 1.13. The molecule has 1 aromatic heterocycles. The van der Waals surface area contributed by atoms with Crippen molar-refractivity contribution in [3.05, 3.63) is 27.9 Å². The van der Waals surface area contributed by atoms with Gasteiger partial charge in [0.1, 0.15) is 6.20 Å². The average Bonchev–Trinajstić information content (AvgIpc) is 2.37. The molecule has 1 N–H and O–H groups in total. The second kappa shape index (κ2) is 2.88. The summed E-state index contributed by atoms with van der Waals surface area (Å²) in [5.41, 5.74) is 0.638. The number of nitrogens with zero attached hydrogens (tertiary/aromatic N) is 1. The van der Waals surface area contributed by atoms with Crippen LogP contribution in [0.3, 0.4) is 0 Å². The zero-order chi connectivity index (χ0) is 8.27. The van der Waals surface area contributed by atoms with Crippen LogP contribution >= 0.6 is 0 Å². The van der Waals surface area contributed by atoms with Crippen LogP contribution in [-0.4, -0.2) is 9.91 Å². The first-order valence-corrected chi connectivity index (χ1v) is 2.99. The van der Waals surface area contributed by atoms with Gasteiger partial charge in [0, 0.05) is 0 Å². The van der Waals surface area contributed by atoms with E-state index in [9.17, 15) is 10.1 Å². The molecule has 0 aliphatic rings. The summed E-state index contributed by atoms with van der Waals surface area (Å²) in [7, 11) is 0. The molecule has 11 heavy (non-hydrogen) atoms. The quantitative estimate of drug-likeness (QED) is 0.372. The highest BCUT2D eigenvalue weighted by atomic mass is 16.6. The number of hydrogen-bond acceptors (Lipinski definition) is 2. The minimum absolute atomic E-state index is 0.0252. The van der Waals surface area contributed by atoms with Crippen molar-refractivity contribution in [3.63, 3.8) is 0 Å². The molecule has 0 aromatic carbocycles. The minimum atomic E-state index is -0.485. The van der Waals surface area contributed by atoms with Crippen LogP contribution in [0.2, 0.25) is 0 Å². The molecule has 1 rings (SSSR count). The first-order chi connectivity index (χ1) is 5.24. The van der Waals surface area contributed by atoms with E-state index in [2.05, 4.69) is 16.8 Å². The van der Waals surface area contributed by atoms with Crippen molar-refractivity contribution < 1.29 is 4.92 Å². The lowest BCUT2D eigenvalue weighted by molar-refractivity contribution is -0.389. The molecule has 0 aliphatic heterocycles. The molecule has 0 atom stereocenters. The lowest BCUT2D eigenvalue weighted by atomic mass is 10.3. The van der Waals surface area contributed by atoms with Crippen molar-refractivity contribution in [3.8, 4) is 11.8 Å². The van der Waals surface area contributed by atoms with Crippen molar-refractivity contribution in [1.29, 1.82) is 0 Å². The molecule has 0 aliphatic carbocycles. The van der Waals surface area contributed by atoms with E-state index < -0.39 is 4.92 Å². The summed E-state index contributed by atoms with van der Waals surface area (Å²) >= 11 is 0. The van der Waals surface area contributed by atoms with Crippen molar-refractivity contribution >= 4 is 5.82 Å². The van der Waals surface area contributed by atoms with Crippen LogP contribution in [0.4, 0.5) is 5.82 Å². The molecule has 0 bridgehead atoms. The first-order valence-electron chi connectivity index (χ1n) is 2.99. The van der Waals surface area contributed by atoms with Gasteiger partial charge in [-0.05, 0) is 11.8 Å². The number of H-pyrrole nitrogens is 1. The maximum Gasteiger partial charge on any atom is 0.322 e. The van der Waals surface area contributed by atoms with Crippen LogP contribution < -0.4 is 0 Å². The van der Waals surface area contributed by atoms with Crippen molar-refractivity contribution in [2.45, 2.75) is 6.92 Å². The maximum absolute atomic E-state index is 10.1. The Hall–Kier alpha value is -1.76. The van der Waals surface area contributed by atoms with Crippen LogP contribution in [0.25, 0.3) is 0 Å². The van der Waals surface area contributed by atoms with Gasteiger partial charge < -0.3 is 10.1 Å². The van der Waals surface area contributed by atoms with Crippen LogP contribution in [-0.2, 0) is 0 Å². The Balaban J connectivity index is 2.96. The number of aromatic amines is 1. The van der Waals surface area contributed by atoms with Crippen LogP contribution in [0.5, 0.6) is 0 Å². The summed E-state index contributed by atoms with van der Waals surface area (Å²) in [6.07, 6.45) is 1.51. The Morgan fingerprint density at radius 2 is 2.45 bits per heavy atom. The smallest absolute Gasteiger partial charge is 0.322 e. The van der Waals surface area contributed by atoms with Crippen LogP contribution in [0.15, 0.2) is 12.3 Å². The molecular formula is C7H6N2O2. The van der Waals surface area contributed by atoms with Gasteiger partial charge >= 0.3 is 5.82 Å². The minimum Gasteiger partial charge on any atom is -0.358 e. The summed E-state index contributed by atoms with van der Waals surface area (Å²) in [5.74, 6) is 5.32. The van der Waals surface area contributed by atoms with E-state index in [1.165, 1.54) is 12.3 Å². The zero-order valence-corrected chi connectivity index (χ0v) is 5.92. The highest BCUT2D eigenvalue weighted by molar-refractivity contribution is 5.38. The highest BCUT2D eigenvalue weighted by Gasteiger charge is 2.04. The number of hydrogen-bond donors (Lipinski definition) is 1. The molecule has 0 radical (unpaired) electrons. The van der Waals surface area contributed by atoms with Gasteiger partial charge in [-0.3, -0.25) is 0 Å². The van der Waals surface area contributed by atoms with E-state index in [0.29, 0.717) is 5.56 Å². The van der Waals surface area contributed by atoms with Gasteiger partial charge in [-0.25, -0.2) is 4.98 Å². The van der Waals surface area contributed by atoms with Crippen molar-refractivity contribution in [2.75, 3.05) is 0 Å². The standard InChI is InChI=1S/C7H6N2O2/c1-2-3-6-4-7(8-5-6)9(10)11/h4-5,8H,1H3. The summed E-state index contributed by atoms with van der Waals surface area (Å²) in [5, 5.41) is 10.1. The van der Waals surface area contributed by atoms with Gasteiger partial charge in [-0.15, -0.1) is 5.92 Å². The predicted octanol–water partition coefficient (Wildman–Crippen LogP) is 1.29. The largest absolute Gasteiger partial charge is 0.358 e. The molecule has 4 heteroatoms. The molecule has 1 heterocycles. The van der Waals surface area contributed by atoms with E-state index in [4.69, 9.17) is 0 Å². The summed E-state index contributed by atoms with van der Waals surface area (Å²) in [6, 6.07) is 1.40. The normalized spacial score (nSPS) is 8.45. The Bertz CT molecular complexity index is 330. The fraction of sp³-hybridized carbons (Fsp3) is 0.143. The number of nitrogens with one attached hydrogen (secondary N) is 1. The molecular weight excluding hydrogens is 144 g/mol. The summed E-state index contributed by atoms with van der Waals surface area (Å²) < 4.78 is 0. The average molecular weight is 150 g/mol. The molecule has 0 spiro atoms. The maximum atomic E-state index is 10.1. The number of rotatable bonds is 1. The number of nitro groups is 1. The SMILES string of the molecule is CC#Cc1c[nH]c([N+](=O)[O-])c1. The van der Waals surface area contributed by atoms with Gasteiger partial charge in [0.05, 0.1) is 11.6 Å². The van der Waals surface area contributed by atoms with Gasteiger partial charge in [-0.1, -0.05) is 5.92 Å². The lowest BCUT2D eigenvalue weighted by Crippen LogP contribution is -1.85. The van der Waals surface area contributed by atoms with E-state index in [1.807, 2.05) is 0 Å². The molecule has 0 saturated carbocycles. The first kappa shape index (κ1) is 7.35. The fourth-order valence-corrected chi connectivity index (χ4v) is 0.704. The molecule has 4 nitrogen and oxygen atoms in total. The third-order valence-corrected chi connectivity index (χ3v) is 1.13. The third kappa shape index (κ3) is 1.58. The molecule has 56 valence electrons. The molecule has 0 saturated heterocycles. The molecule has 1 aromatic rings. The second-order valence-corrected chi connectivity index (χ2v) is 1.91. The zero-order valence-electron chi connectivity index (χ0n) is 5.92. The number of aromatic nitrogens is 1. The van der Waals surface area contributed by atoms with Gasteiger partial charge in [-0.2, -0.15) is 0 Å². The van der Waals surface area contributed by atoms with E-state index >= 15 is 0 Å². The molecule has 0 amide bonds. The Kier molecular flexibility index (Phi) is 1.93. The van der Waals surface area contributed by atoms with E-state index in [1.54, 1.807) is 6.92 Å². The van der Waals surface area contributed by atoms with Crippen LogP contribution in [0, 0.1) is 22.0 Å². The Morgan fingerprint density at radius 1 is 1.73 bits per heavy atom. The monoisotopic (exact) mass is 150 g/mol. The predicted molar refractivity (Wildman–Crippen MR) is 40.0 cm³/mol. The van der Waals surface area contributed by atoms with E-state index in [-0.39, 0.29) is 5.82 Å². The molecule has 0 unspecified atom stereocenters. The summed E-state index contributed by atoms with van der Waals surface area (Å²) in [4.78, 5) is 12.1. The van der Waals surface area contributed by atoms with E-state index in [0.717, 1.165) is 0 Å². The lowest BCUT2D eigenvalue weighted by Gasteiger charge is -1.84. The Labute approximate surface area is 63.4 Å². The molecule has 0 fully saturated rings. The summed E-state index contributed by atoms with van der Waals surface area (Å²) in [6.45, 7) is 1.68. The van der Waals surface area contributed by atoms with Gasteiger partial charge in [0.2, 0.25) is 0 Å². The Morgan fingerprint density at radius 3 is 2.91 bits per heavy atom. The fourth-order valence-electron chi connectivity index (χ4n) is 0.704.